The van der Waals surface area contributed by atoms with Gasteiger partial charge >= 0.3 is 6.03 Å². The van der Waals surface area contributed by atoms with Gasteiger partial charge < -0.3 is 19.7 Å². The fourth-order valence-electron chi connectivity index (χ4n) is 3.08. The van der Waals surface area contributed by atoms with E-state index in [0.29, 0.717) is 26.1 Å². The molecule has 2 amide bonds. The molecule has 2 heterocycles. The first-order chi connectivity index (χ1) is 13.0. The fourth-order valence-corrected chi connectivity index (χ4v) is 3.81. The first-order valence-corrected chi connectivity index (χ1v) is 10.7. The molecule has 0 saturated carbocycles. The van der Waals surface area contributed by atoms with Crippen LogP contribution < -0.4 is 19.5 Å². The number of hydrogen-bond donors (Lipinski definition) is 2. The molecule has 0 radical (unpaired) electrons. The third-order valence-corrected chi connectivity index (χ3v) is 6.13. The zero-order valence-corrected chi connectivity index (χ0v) is 16.3. The minimum absolute atomic E-state index is 0.00703. The van der Waals surface area contributed by atoms with Gasteiger partial charge in [0.1, 0.15) is 0 Å². The molecule has 150 valence electrons. The van der Waals surface area contributed by atoms with Crippen molar-refractivity contribution in [3.8, 4) is 11.5 Å². The molecule has 27 heavy (non-hydrogen) atoms. The summed E-state index contributed by atoms with van der Waals surface area (Å²) in [6.07, 6.45) is 0.388. The lowest BCUT2D eigenvalue weighted by Gasteiger charge is -2.34. The molecule has 1 saturated heterocycles. The van der Waals surface area contributed by atoms with Crippen LogP contribution in [0, 0.1) is 0 Å². The Morgan fingerprint density at radius 1 is 1.15 bits per heavy atom. The number of amides is 2. The van der Waals surface area contributed by atoms with E-state index in [9.17, 15) is 13.2 Å². The van der Waals surface area contributed by atoms with E-state index in [4.69, 9.17) is 9.47 Å². The highest BCUT2D eigenvalue weighted by atomic mass is 32.2. The molecule has 0 spiro atoms. The van der Waals surface area contributed by atoms with Gasteiger partial charge in [-0.05, 0) is 31.2 Å². The van der Waals surface area contributed by atoms with Crippen LogP contribution in [0.1, 0.15) is 12.0 Å². The van der Waals surface area contributed by atoms with Crippen molar-refractivity contribution in [2.75, 3.05) is 52.3 Å². The van der Waals surface area contributed by atoms with E-state index in [0.717, 1.165) is 36.7 Å². The Balaban J connectivity index is 1.37. The molecule has 9 nitrogen and oxygen atoms in total. The van der Waals surface area contributed by atoms with Crippen LogP contribution >= 0.6 is 0 Å². The van der Waals surface area contributed by atoms with Crippen LogP contribution in [-0.2, 0) is 16.6 Å². The zero-order chi connectivity index (χ0) is 19.3. The Bertz CT molecular complexity index is 763. The van der Waals surface area contributed by atoms with Crippen molar-refractivity contribution in [3.05, 3.63) is 23.8 Å². The highest BCUT2D eigenvalue weighted by Crippen LogP contribution is 2.32. The maximum Gasteiger partial charge on any atom is 0.317 e. The van der Waals surface area contributed by atoms with Crippen molar-refractivity contribution in [2.24, 2.45) is 0 Å². The Labute approximate surface area is 159 Å². The van der Waals surface area contributed by atoms with Crippen LogP contribution in [0.4, 0.5) is 4.79 Å². The first kappa shape index (κ1) is 19.7. The zero-order valence-electron chi connectivity index (χ0n) is 15.4. The molecule has 10 heteroatoms. The summed E-state index contributed by atoms with van der Waals surface area (Å²) < 4.78 is 35.7. The average Bonchev–Trinajstić information content (AvgIpc) is 3.13. The van der Waals surface area contributed by atoms with Gasteiger partial charge in [-0.15, -0.1) is 0 Å². The number of rotatable bonds is 7. The normalized spacial score (nSPS) is 17.1. The summed E-state index contributed by atoms with van der Waals surface area (Å²) in [5.74, 6) is 1.57. The van der Waals surface area contributed by atoms with Crippen LogP contribution in [0.5, 0.6) is 11.5 Å². The summed E-state index contributed by atoms with van der Waals surface area (Å²) in [6, 6.07) is 5.82. The highest BCUT2D eigenvalue weighted by Gasteiger charge is 2.22. The third kappa shape index (κ3) is 5.47. The average molecular weight is 398 g/mol. The Morgan fingerprint density at radius 3 is 2.63 bits per heavy atom. The van der Waals surface area contributed by atoms with E-state index < -0.39 is 10.0 Å². The van der Waals surface area contributed by atoms with Crippen molar-refractivity contribution < 1.29 is 22.7 Å². The number of nitrogens with zero attached hydrogens (tertiary/aromatic N) is 2. The quantitative estimate of drug-likeness (QED) is 0.636. The second-order valence-electron chi connectivity index (χ2n) is 6.56. The minimum atomic E-state index is -3.22. The van der Waals surface area contributed by atoms with Gasteiger partial charge in [-0.25, -0.2) is 17.9 Å². The largest absolute Gasteiger partial charge is 0.454 e. The summed E-state index contributed by atoms with van der Waals surface area (Å²) in [4.78, 5) is 16.2. The van der Waals surface area contributed by atoms with Crippen LogP contribution in [0.25, 0.3) is 0 Å². The third-order valence-electron chi connectivity index (χ3n) is 4.68. The predicted octanol–water partition coefficient (Wildman–Crippen LogP) is 0.182. The Kier molecular flexibility index (Phi) is 6.40. The highest BCUT2D eigenvalue weighted by molar-refractivity contribution is 7.89. The number of benzene rings is 1. The predicted molar refractivity (Wildman–Crippen MR) is 100 cm³/mol. The van der Waals surface area contributed by atoms with Gasteiger partial charge in [-0.1, -0.05) is 6.07 Å². The van der Waals surface area contributed by atoms with Gasteiger partial charge in [0.2, 0.25) is 16.8 Å². The number of urea groups is 1. The molecule has 0 aliphatic carbocycles. The summed E-state index contributed by atoms with van der Waals surface area (Å²) >= 11 is 0. The maximum atomic E-state index is 12.2. The van der Waals surface area contributed by atoms with E-state index in [1.807, 2.05) is 18.2 Å². The van der Waals surface area contributed by atoms with E-state index in [1.165, 1.54) is 7.05 Å². The van der Waals surface area contributed by atoms with Gasteiger partial charge in [0.25, 0.3) is 0 Å². The SMILES string of the molecule is CNS(=O)(=O)CCCNC(=O)N1CCN(Cc2ccc3c(c2)OCO3)CC1. The second kappa shape index (κ2) is 8.77. The number of nitrogens with one attached hydrogen (secondary N) is 2. The number of carbonyl (C=O) groups excluding carboxylic acids is 1. The number of hydrogen-bond acceptors (Lipinski definition) is 6. The summed E-state index contributed by atoms with van der Waals surface area (Å²) in [5, 5.41) is 2.79. The molecule has 1 aromatic carbocycles. The van der Waals surface area contributed by atoms with Crippen molar-refractivity contribution in [1.82, 2.24) is 19.8 Å². The van der Waals surface area contributed by atoms with E-state index in [2.05, 4.69) is 14.9 Å². The Hall–Kier alpha value is -2.04. The lowest BCUT2D eigenvalue weighted by molar-refractivity contribution is 0.135. The summed E-state index contributed by atoms with van der Waals surface area (Å²) in [6.45, 7) is 4.28. The topological polar surface area (TPSA) is 100 Å². The number of fused-ring (bicyclic) bond motifs is 1. The van der Waals surface area contributed by atoms with Gasteiger partial charge in [-0.2, -0.15) is 0 Å². The molecule has 1 aromatic rings. The van der Waals surface area contributed by atoms with Crippen LogP contribution in [-0.4, -0.2) is 76.6 Å². The van der Waals surface area contributed by atoms with Crippen molar-refractivity contribution in [3.63, 3.8) is 0 Å². The first-order valence-electron chi connectivity index (χ1n) is 9.02. The fraction of sp³-hybridized carbons (Fsp3) is 0.588. The molecule has 2 aliphatic heterocycles. The lowest BCUT2D eigenvalue weighted by atomic mass is 10.1. The molecule has 0 bridgehead atoms. The molecule has 1 fully saturated rings. The van der Waals surface area contributed by atoms with Crippen LogP contribution in [0.15, 0.2) is 18.2 Å². The van der Waals surface area contributed by atoms with Crippen molar-refractivity contribution in [1.29, 1.82) is 0 Å². The molecular weight excluding hydrogens is 372 g/mol. The monoisotopic (exact) mass is 398 g/mol. The van der Waals surface area contributed by atoms with Gasteiger partial charge in [-0.3, -0.25) is 4.90 Å². The number of sulfonamides is 1. The molecule has 0 atom stereocenters. The standard InChI is InChI=1S/C17H26N4O5S/c1-18-27(23,24)10-2-5-19-17(22)21-8-6-20(7-9-21)12-14-3-4-15-16(11-14)26-13-25-15/h3-4,11,18H,2,5-10,12-13H2,1H3,(H,19,22). The van der Waals surface area contributed by atoms with Gasteiger partial charge in [0.15, 0.2) is 11.5 Å². The number of ether oxygens (including phenoxy) is 2. The molecule has 3 rings (SSSR count). The minimum Gasteiger partial charge on any atom is -0.454 e. The number of piperazine rings is 1. The Morgan fingerprint density at radius 2 is 1.89 bits per heavy atom. The molecular formula is C17H26N4O5S. The smallest absolute Gasteiger partial charge is 0.317 e. The molecule has 2 N–H and O–H groups in total. The molecule has 0 aromatic heterocycles. The van der Waals surface area contributed by atoms with Crippen LogP contribution in [0.3, 0.4) is 0 Å². The van der Waals surface area contributed by atoms with Crippen LogP contribution in [0.2, 0.25) is 0 Å². The second-order valence-corrected chi connectivity index (χ2v) is 8.61. The summed E-state index contributed by atoms with van der Waals surface area (Å²) in [5.41, 5.74) is 1.16. The number of carbonyl (C=O) groups is 1. The lowest BCUT2D eigenvalue weighted by Crippen LogP contribution is -2.51. The van der Waals surface area contributed by atoms with Crippen molar-refractivity contribution >= 4 is 16.1 Å². The summed E-state index contributed by atoms with van der Waals surface area (Å²) in [7, 11) is -1.84. The van der Waals surface area contributed by atoms with Gasteiger partial charge in [0.05, 0.1) is 5.75 Å². The maximum absolute atomic E-state index is 12.2. The van der Waals surface area contributed by atoms with Gasteiger partial charge in [0, 0.05) is 39.3 Å². The molecule has 0 unspecified atom stereocenters. The van der Waals surface area contributed by atoms with Crippen molar-refractivity contribution in [2.45, 2.75) is 13.0 Å². The van der Waals surface area contributed by atoms with E-state index >= 15 is 0 Å². The van der Waals surface area contributed by atoms with E-state index in [1.54, 1.807) is 4.90 Å². The molecule has 2 aliphatic rings. The van der Waals surface area contributed by atoms with E-state index in [-0.39, 0.29) is 18.6 Å².